The lowest BCUT2D eigenvalue weighted by molar-refractivity contribution is -0.137. The molecular weight excluding hydrogens is 489 g/mol. The first-order chi connectivity index (χ1) is 17.2. The van der Waals surface area contributed by atoms with Gasteiger partial charge in [0.2, 0.25) is 0 Å². The Kier molecular flexibility index (Phi) is 8.21. The zero-order valence-corrected chi connectivity index (χ0v) is 20.6. The number of hydrogen-bond acceptors (Lipinski definition) is 3. The normalized spacial score (nSPS) is 17.4. The first-order valence-corrected chi connectivity index (χ1v) is 12.3. The van der Waals surface area contributed by atoms with Gasteiger partial charge in [0.25, 0.3) is 5.91 Å². The second-order valence-electron chi connectivity index (χ2n) is 9.01. The highest BCUT2D eigenvalue weighted by atomic mass is 35.5. The van der Waals surface area contributed by atoms with Crippen LogP contribution in [0.15, 0.2) is 72.8 Å². The summed E-state index contributed by atoms with van der Waals surface area (Å²) in [6.45, 7) is 1.26. The molecule has 4 nitrogen and oxygen atoms in total. The van der Waals surface area contributed by atoms with E-state index in [1.165, 1.54) is 12.1 Å². The maximum atomic E-state index is 13.4. The van der Waals surface area contributed by atoms with Crippen molar-refractivity contribution in [2.45, 2.75) is 44.1 Å². The number of likely N-dealkylation sites (N-methyl/N-ethyl adjacent to an activating group) is 1. The number of carbonyl (C=O) groups excluding carboxylic acids is 1. The van der Waals surface area contributed by atoms with Gasteiger partial charge in [0.05, 0.1) is 22.2 Å². The van der Waals surface area contributed by atoms with Crippen molar-refractivity contribution < 1.29 is 22.7 Å². The van der Waals surface area contributed by atoms with E-state index in [2.05, 4.69) is 10.2 Å². The second kappa shape index (κ2) is 11.4. The smallest absolute Gasteiger partial charge is 0.417 e. The summed E-state index contributed by atoms with van der Waals surface area (Å²) < 4.78 is 46.1. The van der Waals surface area contributed by atoms with Crippen molar-refractivity contribution in [3.63, 3.8) is 0 Å². The Balaban J connectivity index is 1.61. The number of benzene rings is 3. The fourth-order valence-corrected chi connectivity index (χ4v) is 4.93. The highest BCUT2D eigenvalue weighted by Crippen LogP contribution is 2.37. The van der Waals surface area contributed by atoms with E-state index in [-0.39, 0.29) is 11.6 Å². The lowest BCUT2D eigenvalue weighted by Crippen LogP contribution is -2.47. The van der Waals surface area contributed by atoms with Gasteiger partial charge in [-0.1, -0.05) is 66.6 Å². The molecule has 0 radical (unpaired) electrons. The summed E-state index contributed by atoms with van der Waals surface area (Å²) in [5.74, 6) is -0.00292. The summed E-state index contributed by atoms with van der Waals surface area (Å²) in [6, 6.07) is 20.1. The SMILES string of the molecule is CN1CCCCC1C(NC(=O)c1cccc(C(F)(F)F)c1Cl)c1cccc(OCc2ccccc2)c1. The van der Waals surface area contributed by atoms with Gasteiger partial charge in [-0.2, -0.15) is 13.2 Å². The molecule has 36 heavy (non-hydrogen) atoms. The molecule has 4 rings (SSSR count). The van der Waals surface area contributed by atoms with Crippen LogP contribution in [-0.2, 0) is 12.8 Å². The van der Waals surface area contributed by atoms with Gasteiger partial charge in [0, 0.05) is 6.04 Å². The molecule has 1 aliphatic heterocycles. The summed E-state index contributed by atoms with van der Waals surface area (Å²) in [7, 11) is 2.00. The third kappa shape index (κ3) is 6.20. The number of halogens is 4. The van der Waals surface area contributed by atoms with E-state index in [9.17, 15) is 18.0 Å². The fourth-order valence-electron chi connectivity index (χ4n) is 4.61. The zero-order chi connectivity index (χ0) is 25.7. The van der Waals surface area contributed by atoms with Crippen LogP contribution < -0.4 is 10.1 Å². The Labute approximate surface area is 214 Å². The molecular formula is C28H28ClF3N2O2. The van der Waals surface area contributed by atoms with Crippen LogP contribution in [0.3, 0.4) is 0 Å². The van der Waals surface area contributed by atoms with Crippen LogP contribution in [0.2, 0.25) is 5.02 Å². The Hall–Kier alpha value is -3.03. The van der Waals surface area contributed by atoms with E-state index in [0.29, 0.717) is 12.4 Å². The number of nitrogens with one attached hydrogen (secondary N) is 1. The van der Waals surface area contributed by atoms with E-state index >= 15 is 0 Å². The Morgan fingerprint density at radius 3 is 2.56 bits per heavy atom. The topological polar surface area (TPSA) is 41.6 Å². The molecule has 8 heteroatoms. The van der Waals surface area contributed by atoms with E-state index in [1.54, 1.807) is 0 Å². The Morgan fingerprint density at radius 1 is 1.08 bits per heavy atom. The number of carbonyl (C=O) groups is 1. The predicted octanol–water partition coefficient (Wildman–Crippen LogP) is 6.89. The van der Waals surface area contributed by atoms with Crippen molar-refractivity contribution in [1.82, 2.24) is 10.2 Å². The van der Waals surface area contributed by atoms with E-state index in [1.807, 2.05) is 61.6 Å². The quantitative estimate of drug-likeness (QED) is 0.371. The van der Waals surface area contributed by atoms with Gasteiger partial charge in [0.15, 0.2) is 0 Å². The fraction of sp³-hybridized carbons (Fsp3) is 0.321. The lowest BCUT2D eigenvalue weighted by Gasteiger charge is -2.38. The first-order valence-electron chi connectivity index (χ1n) is 11.9. The summed E-state index contributed by atoms with van der Waals surface area (Å²) in [5, 5.41) is 2.38. The van der Waals surface area contributed by atoms with Crippen LogP contribution >= 0.6 is 11.6 Å². The molecule has 0 aliphatic carbocycles. The van der Waals surface area contributed by atoms with Gasteiger partial charge in [-0.05, 0) is 61.8 Å². The molecule has 0 bridgehead atoms. The molecule has 2 atom stereocenters. The second-order valence-corrected chi connectivity index (χ2v) is 9.38. The van der Waals surface area contributed by atoms with Crippen LogP contribution in [0, 0.1) is 0 Å². The lowest BCUT2D eigenvalue weighted by atomic mass is 9.90. The van der Waals surface area contributed by atoms with E-state index in [4.69, 9.17) is 16.3 Å². The van der Waals surface area contributed by atoms with Gasteiger partial charge in [-0.3, -0.25) is 4.79 Å². The number of amides is 1. The van der Waals surface area contributed by atoms with Crippen molar-refractivity contribution in [2.24, 2.45) is 0 Å². The van der Waals surface area contributed by atoms with Crippen molar-refractivity contribution >= 4 is 17.5 Å². The highest BCUT2D eigenvalue weighted by molar-refractivity contribution is 6.34. The van der Waals surface area contributed by atoms with Gasteiger partial charge < -0.3 is 15.0 Å². The molecule has 1 fully saturated rings. The molecule has 1 aliphatic rings. The van der Waals surface area contributed by atoms with E-state index < -0.39 is 28.7 Å². The minimum absolute atomic E-state index is 0.0309. The number of nitrogens with zero attached hydrogens (tertiary/aromatic N) is 1. The predicted molar refractivity (Wildman–Crippen MR) is 134 cm³/mol. The molecule has 3 aromatic carbocycles. The van der Waals surface area contributed by atoms with Crippen molar-refractivity contribution in [3.05, 3.63) is 100 Å². The van der Waals surface area contributed by atoms with Crippen LogP contribution in [0.1, 0.15) is 52.4 Å². The standard InChI is InChI=1S/C28H28ClF3N2O2/c1-34-16-6-5-15-24(34)26(33-27(35)22-13-8-14-23(25(22)29)28(30,31)32)20-11-7-12-21(17-20)36-18-19-9-3-2-4-10-19/h2-4,7-14,17,24,26H,5-6,15-16,18H2,1H3,(H,33,35). The van der Waals surface area contributed by atoms with Crippen molar-refractivity contribution in [2.75, 3.05) is 13.6 Å². The molecule has 1 amide bonds. The van der Waals surface area contributed by atoms with Gasteiger partial charge in [0.1, 0.15) is 12.4 Å². The largest absolute Gasteiger partial charge is 0.489 e. The summed E-state index contributed by atoms with van der Waals surface area (Å²) in [5.41, 5.74) is 0.612. The molecule has 190 valence electrons. The zero-order valence-electron chi connectivity index (χ0n) is 19.9. The average Bonchev–Trinajstić information content (AvgIpc) is 2.87. The molecule has 0 saturated carbocycles. The molecule has 0 aromatic heterocycles. The minimum Gasteiger partial charge on any atom is -0.489 e. The monoisotopic (exact) mass is 516 g/mol. The molecule has 2 unspecified atom stereocenters. The number of rotatable bonds is 7. The summed E-state index contributed by atoms with van der Waals surface area (Å²) in [6.07, 6.45) is -1.77. The van der Waals surface area contributed by atoms with Crippen LogP contribution in [0.4, 0.5) is 13.2 Å². The number of hydrogen-bond donors (Lipinski definition) is 1. The van der Waals surface area contributed by atoms with Gasteiger partial charge in [-0.25, -0.2) is 0 Å². The molecule has 1 saturated heterocycles. The number of piperidine rings is 1. The third-order valence-electron chi connectivity index (χ3n) is 6.51. The van der Waals surface area contributed by atoms with Gasteiger partial charge in [-0.15, -0.1) is 0 Å². The maximum absolute atomic E-state index is 13.4. The Bertz CT molecular complexity index is 1190. The summed E-state index contributed by atoms with van der Waals surface area (Å²) in [4.78, 5) is 15.4. The third-order valence-corrected chi connectivity index (χ3v) is 6.92. The Morgan fingerprint density at radius 2 is 1.83 bits per heavy atom. The van der Waals surface area contributed by atoms with Crippen molar-refractivity contribution in [3.8, 4) is 5.75 Å². The van der Waals surface area contributed by atoms with Gasteiger partial charge >= 0.3 is 6.18 Å². The highest BCUT2D eigenvalue weighted by Gasteiger charge is 2.36. The first kappa shape index (κ1) is 26.0. The summed E-state index contributed by atoms with van der Waals surface area (Å²) >= 11 is 6.05. The average molecular weight is 517 g/mol. The minimum atomic E-state index is -4.65. The molecule has 3 aromatic rings. The van der Waals surface area contributed by atoms with Crippen molar-refractivity contribution in [1.29, 1.82) is 0 Å². The molecule has 1 heterocycles. The van der Waals surface area contributed by atoms with Crippen LogP contribution in [0.5, 0.6) is 5.75 Å². The number of likely N-dealkylation sites (tertiary alicyclic amines) is 1. The maximum Gasteiger partial charge on any atom is 0.417 e. The van der Waals surface area contributed by atoms with Crippen LogP contribution in [0.25, 0.3) is 0 Å². The van der Waals surface area contributed by atoms with Crippen LogP contribution in [-0.4, -0.2) is 30.4 Å². The number of alkyl halides is 3. The van der Waals surface area contributed by atoms with E-state index in [0.717, 1.165) is 43.0 Å². The molecule has 0 spiro atoms. The molecule has 1 N–H and O–H groups in total. The number of ether oxygens (including phenoxy) is 1.